The summed E-state index contributed by atoms with van der Waals surface area (Å²) >= 11 is 1.82. The van der Waals surface area contributed by atoms with Crippen molar-refractivity contribution < 1.29 is 4.79 Å². The fraction of sp³-hybridized carbons (Fsp3) is 0.353. The summed E-state index contributed by atoms with van der Waals surface area (Å²) in [6.07, 6.45) is 2.35. The second-order valence-electron chi connectivity index (χ2n) is 5.41. The molecule has 112 valence electrons. The summed E-state index contributed by atoms with van der Waals surface area (Å²) in [6, 6.07) is 7.79. The largest absolute Gasteiger partial charge is 0.399 e. The average molecular weight is 302 g/mol. The monoisotopic (exact) mass is 302 g/mol. The fourth-order valence-electron chi connectivity index (χ4n) is 2.36. The molecule has 2 aromatic rings. The molecular formula is C17H22N2OS. The van der Waals surface area contributed by atoms with Crippen LogP contribution in [0, 0.1) is 20.8 Å². The number of nitrogens with one attached hydrogen (secondary N) is 1. The highest BCUT2D eigenvalue weighted by atomic mass is 32.1. The van der Waals surface area contributed by atoms with Gasteiger partial charge >= 0.3 is 0 Å². The SMILES string of the molecule is Cc1cc(CCCC(=O)Nc2cc(N)ccc2C)c(C)s1. The van der Waals surface area contributed by atoms with Gasteiger partial charge in [0.25, 0.3) is 0 Å². The molecule has 0 unspecified atom stereocenters. The predicted molar refractivity (Wildman–Crippen MR) is 91.0 cm³/mol. The number of hydrogen-bond acceptors (Lipinski definition) is 3. The van der Waals surface area contributed by atoms with Crippen molar-refractivity contribution in [1.82, 2.24) is 0 Å². The van der Waals surface area contributed by atoms with Gasteiger partial charge in [-0.25, -0.2) is 0 Å². The van der Waals surface area contributed by atoms with E-state index >= 15 is 0 Å². The molecule has 0 aliphatic rings. The molecular weight excluding hydrogens is 280 g/mol. The van der Waals surface area contributed by atoms with E-state index in [9.17, 15) is 4.79 Å². The maximum absolute atomic E-state index is 12.0. The number of carbonyl (C=O) groups excluding carboxylic acids is 1. The lowest BCUT2D eigenvalue weighted by Gasteiger charge is -2.09. The van der Waals surface area contributed by atoms with Crippen LogP contribution in [-0.4, -0.2) is 5.91 Å². The fourth-order valence-corrected chi connectivity index (χ4v) is 3.33. The third-order valence-electron chi connectivity index (χ3n) is 3.53. The van der Waals surface area contributed by atoms with Crippen LogP contribution in [-0.2, 0) is 11.2 Å². The van der Waals surface area contributed by atoms with Gasteiger partial charge in [0.2, 0.25) is 5.91 Å². The third kappa shape index (κ3) is 4.33. The molecule has 1 heterocycles. The van der Waals surface area contributed by atoms with E-state index in [1.54, 1.807) is 6.07 Å². The standard InChI is InChI=1S/C17H22N2OS/c1-11-7-8-15(18)10-16(11)19-17(20)6-4-5-14-9-12(2)21-13(14)3/h7-10H,4-6,18H2,1-3H3,(H,19,20). The zero-order chi connectivity index (χ0) is 15.4. The highest BCUT2D eigenvalue weighted by Crippen LogP contribution is 2.22. The number of hydrogen-bond donors (Lipinski definition) is 2. The Morgan fingerprint density at radius 3 is 2.67 bits per heavy atom. The van der Waals surface area contributed by atoms with Crippen molar-refractivity contribution in [3.8, 4) is 0 Å². The van der Waals surface area contributed by atoms with E-state index in [2.05, 4.69) is 25.2 Å². The van der Waals surface area contributed by atoms with Crippen molar-refractivity contribution in [1.29, 1.82) is 0 Å². The van der Waals surface area contributed by atoms with Gasteiger partial charge in [-0.2, -0.15) is 0 Å². The molecule has 1 aromatic heterocycles. The van der Waals surface area contributed by atoms with E-state index in [4.69, 9.17) is 5.73 Å². The maximum atomic E-state index is 12.0. The van der Waals surface area contributed by atoms with Gasteiger partial charge in [-0.15, -0.1) is 11.3 Å². The van der Waals surface area contributed by atoms with E-state index in [0.717, 1.165) is 24.1 Å². The van der Waals surface area contributed by atoms with Crippen LogP contribution in [0.25, 0.3) is 0 Å². The molecule has 0 radical (unpaired) electrons. The van der Waals surface area contributed by atoms with Crippen molar-refractivity contribution in [2.75, 3.05) is 11.1 Å². The minimum Gasteiger partial charge on any atom is -0.399 e. The van der Waals surface area contributed by atoms with Gasteiger partial charge in [0.15, 0.2) is 0 Å². The molecule has 1 aromatic carbocycles. The van der Waals surface area contributed by atoms with Crippen LogP contribution in [0.15, 0.2) is 24.3 Å². The molecule has 1 amide bonds. The average Bonchev–Trinajstić information content (AvgIpc) is 2.72. The van der Waals surface area contributed by atoms with Gasteiger partial charge in [0.1, 0.15) is 0 Å². The first kappa shape index (κ1) is 15.6. The molecule has 3 N–H and O–H groups in total. The lowest BCUT2D eigenvalue weighted by Crippen LogP contribution is -2.12. The summed E-state index contributed by atoms with van der Waals surface area (Å²) in [5.41, 5.74) is 9.62. The van der Waals surface area contributed by atoms with E-state index < -0.39 is 0 Å². The number of benzene rings is 1. The number of amides is 1. The van der Waals surface area contributed by atoms with E-state index in [1.165, 1.54) is 15.3 Å². The number of nitrogens with two attached hydrogens (primary N) is 1. The summed E-state index contributed by atoms with van der Waals surface area (Å²) in [4.78, 5) is 14.7. The van der Waals surface area contributed by atoms with E-state index in [0.29, 0.717) is 12.1 Å². The summed E-state index contributed by atoms with van der Waals surface area (Å²) in [7, 11) is 0. The van der Waals surface area contributed by atoms with Crippen molar-refractivity contribution in [3.63, 3.8) is 0 Å². The Morgan fingerprint density at radius 1 is 1.24 bits per heavy atom. The van der Waals surface area contributed by atoms with Crippen LogP contribution in [0.5, 0.6) is 0 Å². The van der Waals surface area contributed by atoms with Crippen molar-refractivity contribution >= 4 is 28.6 Å². The second kappa shape index (κ2) is 6.76. The highest BCUT2D eigenvalue weighted by molar-refractivity contribution is 7.12. The third-order valence-corrected chi connectivity index (χ3v) is 4.54. The summed E-state index contributed by atoms with van der Waals surface area (Å²) in [6.45, 7) is 6.23. The maximum Gasteiger partial charge on any atom is 0.224 e. The molecule has 0 saturated heterocycles. The molecule has 3 nitrogen and oxygen atoms in total. The molecule has 0 fully saturated rings. The van der Waals surface area contributed by atoms with E-state index in [-0.39, 0.29) is 5.91 Å². The van der Waals surface area contributed by atoms with Crippen LogP contribution in [0.3, 0.4) is 0 Å². The lowest BCUT2D eigenvalue weighted by molar-refractivity contribution is -0.116. The topological polar surface area (TPSA) is 55.1 Å². The lowest BCUT2D eigenvalue weighted by atomic mass is 10.1. The zero-order valence-corrected chi connectivity index (χ0v) is 13.6. The second-order valence-corrected chi connectivity index (χ2v) is 6.88. The van der Waals surface area contributed by atoms with Crippen molar-refractivity contribution in [2.24, 2.45) is 0 Å². The Morgan fingerprint density at radius 2 is 2.00 bits per heavy atom. The zero-order valence-electron chi connectivity index (χ0n) is 12.8. The van der Waals surface area contributed by atoms with Crippen molar-refractivity contribution in [3.05, 3.63) is 45.1 Å². The van der Waals surface area contributed by atoms with E-state index in [1.807, 2.05) is 30.4 Å². The Hall–Kier alpha value is -1.81. The van der Waals surface area contributed by atoms with Gasteiger partial charge in [0, 0.05) is 27.5 Å². The molecule has 4 heteroatoms. The minimum absolute atomic E-state index is 0.0494. The summed E-state index contributed by atoms with van der Waals surface area (Å²) in [5, 5.41) is 2.94. The van der Waals surface area contributed by atoms with Gasteiger partial charge in [-0.3, -0.25) is 4.79 Å². The van der Waals surface area contributed by atoms with Gasteiger partial charge in [-0.1, -0.05) is 6.07 Å². The molecule has 2 rings (SSSR count). The molecule has 0 aliphatic carbocycles. The van der Waals surface area contributed by atoms with Gasteiger partial charge < -0.3 is 11.1 Å². The number of thiophene rings is 1. The van der Waals surface area contributed by atoms with Crippen molar-refractivity contribution in [2.45, 2.75) is 40.0 Å². The number of anilines is 2. The number of rotatable bonds is 5. The molecule has 0 saturated carbocycles. The minimum atomic E-state index is 0.0494. The van der Waals surface area contributed by atoms with Crippen LogP contribution in [0.4, 0.5) is 11.4 Å². The quantitative estimate of drug-likeness (QED) is 0.813. The highest BCUT2D eigenvalue weighted by Gasteiger charge is 2.07. The Labute approximate surface area is 130 Å². The number of carbonyl (C=O) groups is 1. The van der Waals surface area contributed by atoms with Crippen LogP contribution >= 0.6 is 11.3 Å². The number of aryl methyl sites for hydroxylation is 4. The Bertz CT molecular complexity index is 646. The molecule has 21 heavy (non-hydrogen) atoms. The Kier molecular flexibility index (Phi) is 5.02. The van der Waals surface area contributed by atoms with Crippen LogP contribution in [0.2, 0.25) is 0 Å². The molecule has 0 spiro atoms. The van der Waals surface area contributed by atoms with Gasteiger partial charge in [-0.05, 0) is 62.9 Å². The first-order valence-electron chi connectivity index (χ1n) is 7.17. The molecule has 0 atom stereocenters. The summed E-state index contributed by atoms with van der Waals surface area (Å²) < 4.78 is 0. The normalized spacial score (nSPS) is 10.6. The van der Waals surface area contributed by atoms with Crippen LogP contribution < -0.4 is 11.1 Å². The van der Waals surface area contributed by atoms with Gasteiger partial charge in [0.05, 0.1) is 0 Å². The smallest absolute Gasteiger partial charge is 0.224 e. The summed E-state index contributed by atoms with van der Waals surface area (Å²) in [5.74, 6) is 0.0494. The first-order valence-corrected chi connectivity index (χ1v) is 7.99. The Balaban J connectivity index is 1.85. The molecule has 0 bridgehead atoms. The predicted octanol–water partition coefficient (Wildman–Crippen LogP) is 4.22. The first-order chi connectivity index (χ1) is 9.95. The molecule has 0 aliphatic heterocycles. The number of nitrogen functional groups attached to an aromatic ring is 1. The van der Waals surface area contributed by atoms with Crippen LogP contribution in [0.1, 0.15) is 33.7 Å².